The van der Waals surface area contributed by atoms with Crippen molar-refractivity contribution in [2.24, 2.45) is 0 Å². The normalized spacial score (nSPS) is 15.1. The van der Waals surface area contributed by atoms with Crippen molar-refractivity contribution in [3.8, 4) is 5.75 Å². The molecule has 1 fully saturated rings. The molecule has 0 bridgehead atoms. The van der Waals surface area contributed by atoms with Crippen molar-refractivity contribution in [2.45, 2.75) is 25.9 Å². The van der Waals surface area contributed by atoms with E-state index in [1.807, 2.05) is 37.3 Å². The second kappa shape index (κ2) is 11.3. The molecule has 1 unspecified atom stereocenters. The first-order valence-electron chi connectivity index (χ1n) is 11.4. The van der Waals surface area contributed by atoms with Crippen LogP contribution in [0.3, 0.4) is 0 Å². The molecule has 3 aromatic carbocycles. The van der Waals surface area contributed by atoms with Crippen LogP contribution in [0.2, 0.25) is 0 Å². The third kappa shape index (κ3) is 5.85. The Morgan fingerprint density at radius 2 is 1.79 bits per heavy atom. The van der Waals surface area contributed by atoms with E-state index >= 15 is 0 Å². The van der Waals surface area contributed by atoms with E-state index in [2.05, 4.69) is 21.2 Å². The van der Waals surface area contributed by atoms with Gasteiger partial charge in [0.2, 0.25) is 0 Å². The van der Waals surface area contributed by atoms with Gasteiger partial charge in [-0.1, -0.05) is 18.2 Å². The zero-order valence-electron chi connectivity index (χ0n) is 19.0. The molecule has 6 nitrogen and oxygen atoms in total. The SMILES string of the molecule is CCN(C(=O)c1ccc(NC(=O)c2ccc(OCC3CCCO3)c(Br)c2)cc1)c1ccccc1. The molecule has 0 aliphatic carbocycles. The minimum Gasteiger partial charge on any atom is -0.490 e. The Kier molecular flexibility index (Phi) is 7.98. The molecular weight excluding hydrogens is 496 g/mol. The highest BCUT2D eigenvalue weighted by molar-refractivity contribution is 9.10. The number of nitrogens with zero attached hydrogens (tertiary/aromatic N) is 1. The van der Waals surface area contributed by atoms with Gasteiger partial charge in [-0.2, -0.15) is 0 Å². The van der Waals surface area contributed by atoms with Crippen molar-refractivity contribution >= 4 is 39.1 Å². The number of rotatable bonds is 8. The molecule has 1 aliphatic rings. The zero-order valence-corrected chi connectivity index (χ0v) is 20.6. The summed E-state index contributed by atoms with van der Waals surface area (Å²) in [5.41, 5.74) is 2.51. The number of carbonyl (C=O) groups is 2. The Labute approximate surface area is 208 Å². The van der Waals surface area contributed by atoms with Crippen LogP contribution in [0.15, 0.2) is 77.3 Å². The van der Waals surface area contributed by atoms with Crippen LogP contribution in [0.25, 0.3) is 0 Å². The highest BCUT2D eigenvalue weighted by atomic mass is 79.9. The average Bonchev–Trinajstić information content (AvgIpc) is 3.38. The van der Waals surface area contributed by atoms with E-state index in [9.17, 15) is 9.59 Å². The summed E-state index contributed by atoms with van der Waals surface area (Å²) in [4.78, 5) is 27.4. The van der Waals surface area contributed by atoms with Gasteiger partial charge >= 0.3 is 0 Å². The van der Waals surface area contributed by atoms with Gasteiger partial charge in [-0.3, -0.25) is 9.59 Å². The van der Waals surface area contributed by atoms with E-state index in [1.165, 1.54) is 0 Å². The summed E-state index contributed by atoms with van der Waals surface area (Å²) >= 11 is 3.49. The third-order valence-corrected chi connectivity index (χ3v) is 6.28. The Morgan fingerprint density at radius 1 is 1.06 bits per heavy atom. The number of para-hydroxylation sites is 1. The number of ether oxygens (including phenoxy) is 2. The molecule has 1 saturated heterocycles. The van der Waals surface area contributed by atoms with Gasteiger partial charge in [0.05, 0.1) is 10.6 Å². The van der Waals surface area contributed by atoms with Crippen molar-refractivity contribution < 1.29 is 19.1 Å². The molecular formula is C27H27BrN2O4. The number of carbonyl (C=O) groups excluding carboxylic acids is 2. The number of hydrogen-bond acceptors (Lipinski definition) is 4. The van der Waals surface area contributed by atoms with Crippen LogP contribution in [-0.2, 0) is 4.74 Å². The molecule has 0 spiro atoms. The summed E-state index contributed by atoms with van der Waals surface area (Å²) in [6, 6.07) is 21.7. The van der Waals surface area contributed by atoms with Crippen LogP contribution in [0, 0.1) is 0 Å². The predicted molar refractivity (Wildman–Crippen MR) is 137 cm³/mol. The highest BCUT2D eigenvalue weighted by Gasteiger charge is 2.18. The second-order valence-electron chi connectivity index (χ2n) is 8.01. The summed E-state index contributed by atoms with van der Waals surface area (Å²) in [6.07, 6.45) is 2.19. The molecule has 34 heavy (non-hydrogen) atoms. The molecule has 1 N–H and O–H groups in total. The standard InChI is InChI=1S/C27H27BrN2O4/c1-2-30(22-7-4-3-5-8-22)27(32)19-10-13-21(14-11-19)29-26(31)20-12-15-25(24(28)17-20)34-18-23-9-6-16-33-23/h3-5,7-8,10-15,17,23H,2,6,9,16,18H2,1H3,(H,29,31). The van der Waals surface area contributed by atoms with Crippen molar-refractivity contribution in [1.29, 1.82) is 0 Å². The minimum atomic E-state index is -0.245. The van der Waals surface area contributed by atoms with Gasteiger partial charge < -0.3 is 19.7 Å². The molecule has 0 aromatic heterocycles. The number of anilines is 2. The van der Waals surface area contributed by atoms with Crippen molar-refractivity contribution in [3.63, 3.8) is 0 Å². The van der Waals surface area contributed by atoms with Crippen molar-refractivity contribution in [2.75, 3.05) is 30.0 Å². The largest absolute Gasteiger partial charge is 0.490 e. The summed E-state index contributed by atoms with van der Waals surface area (Å²) in [7, 11) is 0. The number of hydrogen-bond donors (Lipinski definition) is 1. The molecule has 0 radical (unpaired) electrons. The Morgan fingerprint density at radius 3 is 2.44 bits per heavy atom. The van der Waals surface area contributed by atoms with E-state index in [4.69, 9.17) is 9.47 Å². The molecule has 0 saturated carbocycles. The molecule has 1 heterocycles. The summed E-state index contributed by atoms with van der Waals surface area (Å²) in [5, 5.41) is 2.88. The predicted octanol–water partition coefficient (Wildman–Crippen LogP) is 5.93. The lowest BCUT2D eigenvalue weighted by atomic mass is 10.1. The third-order valence-electron chi connectivity index (χ3n) is 5.66. The fourth-order valence-corrected chi connectivity index (χ4v) is 4.32. The van der Waals surface area contributed by atoms with Gasteiger partial charge in [0.1, 0.15) is 12.4 Å². The lowest BCUT2D eigenvalue weighted by Gasteiger charge is -2.21. The van der Waals surface area contributed by atoms with Crippen LogP contribution in [0.5, 0.6) is 5.75 Å². The second-order valence-corrected chi connectivity index (χ2v) is 8.86. The van der Waals surface area contributed by atoms with Gasteiger partial charge in [-0.25, -0.2) is 0 Å². The lowest BCUT2D eigenvalue weighted by molar-refractivity contribution is 0.0677. The van der Waals surface area contributed by atoms with Crippen LogP contribution in [-0.4, -0.2) is 37.7 Å². The van der Waals surface area contributed by atoms with E-state index in [0.717, 1.165) is 25.1 Å². The van der Waals surface area contributed by atoms with Gasteiger partial charge in [-0.15, -0.1) is 0 Å². The van der Waals surface area contributed by atoms with Gasteiger partial charge in [-0.05, 0) is 90.3 Å². The van der Waals surface area contributed by atoms with E-state index < -0.39 is 0 Å². The summed E-state index contributed by atoms with van der Waals surface area (Å²) in [6.45, 7) is 3.78. The highest BCUT2D eigenvalue weighted by Crippen LogP contribution is 2.27. The van der Waals surface area contributed by atoms with Gasteiger partial charge in [0.15, 0.2) is 0 Å². The van der Waals surface area contributed by atoms with E-state index in [-0.39, 0.29) is 17.9 Å². The number of halogens is 1. The molecule has 1 atom stereocenters. The summed E-state index contributed by atoms with van der Waals surface area (Å²) < 4.78 is 12.1. The Hall–Kier alpha value is -3.16. The Balaban J connectivity index is 1.37. The maximum atomic E-state index is 13.0. The van der Waals surface area contributed by atoms with Crippen LogP contribution < -0.4 is 15.0 Å². The first kappa shape index (κ1) is 24.0. The van der Waals surface area contributed by atoms with Gasteiger partial charge in [0, 0.05) is 35.7 Å². The monoisotopic (exact) mass is 522 g/mol. The molecule has 4 rings (SSSR count). The molecule has 3 aromatic rings. The quantitative estimate of drug-likeness (QED) is 0.398. The first-order valence-corrected chi connectivity index (χ1v) is 12.2. The van der Waals surface area contributed by atoms with Crippen LogP contribution in [0.1, 0.15) is 40.5 Å². The fourth-order valence-electron chi connectivity index (χ4n) is 3.82. The smallest absolute Gasteiger partial charge is 0.258 e. The maximum absolute atomic E-state index is 13.0. The fraction of sp³-hybridized carbons (Fsp3) is 0.259. The Bertz CT molecular complexity index is 1130. The molecule has 176 valence electrons. The average molecular weight is 523 g/mol. The number of benzene rings is 3. The van der Waals surface area contributed by atoms with Crippen molar-refractivity contribution in [1.82, 2.24) is 0 Å². The van der Waals surface area contributed by atoms with Gasteiger partial charge in [0.25, 0.3) is 11.8 Å². The van der Waals surface area contributed by atoms with Crippen LogP contribution in [0.4, 0.5) is 11.4 Å². The van der Waals surface area contributed by atoms with Crippen LogP contribution >= 0.6 is 15.9 Å². The van der Waals surface area contributed by atoms with E-state index in [0.29, 0.717) is 40.2 Å². The molecule has 7 heteroatoms. The zero-order chi connectivity index (χ0) is 23.9. The number of nitrogens with one attached hydrogen (secondary N) is 1. The first-order chi connectivity index (χ1) is 16.5. The minimum absolute atomic E-state index is 0.0888. The van der Waals surface area contributed by atoms with E-state index in [1.54, 1.807) is 47.4 Å². The molecule has 2 amide bonds. The summed E-state index contributed by atoms with van der Waals surface area (Å²) in [5.74, 6) is 0.341. The number of amides is 2. The molecule has 1 aliphatic heterocycles. The topological polar surface area (TPSA) is 67.9 Å². The maximum Gasteiger partial charge on any atom is 0.258 e. The van der Waals surface area contributed by atoms with Crippen molar-refractivity contribution in [3.05, 3.63) is 88.4 Å². The lowest BCUT2D eigenvalue weighted by Crippen LogP contribution is -2.30.